The zero-order valence-corrected chi connectivity index (χ0v) is 38.7. The van der Waals surface area contributed by atoms with Crippen molar-refractivity contribution in [1.82, 2.24) is 0 Å². The number of benzene rings is 10. The molecule has 0 aromatic heterocycles. The molecule has 0 amide bonds. The summed E-state index contributed by atoms with van der Waals surface area (Å²) in [6, 6.07) is 71.9. The Bertz CT molecular complexity index is 3750. The van der Waals surface area contributed by atoms with Crippen molar-refractivity contribution in [3.8, 4) is 44.9 Å². The molecule has 10 rings (SSSR count). The third-order valence-corrected chi connectivity index (χ3v) is 16.5. The lowest BCUT2D eigenvalue weighted by Gasteiger charge is -2.18. The molecular formula is C59H40O6S3. The first-order chi connectivity index (χ1) is 33.2. The van der Waals surface area contributed by atoms with Gasteiger partial charge in [0.1, 0.15) is 21.3 Å². The molecule has 330 valence electrons. The molecule has 0 heterocycles. The Kier molecular flexibility index (Phi) is 12.2. The second kappa shape index (κ2) is 18.8. The van der Waals surface area contributed by atoms with Crippen LogP contribution in [0.4, 0.5) is 0 Å². The lowest BCUT2D eigenvalue weighted by molar-refractivity contribution is 0.104. The van der Waals surface area contributed by atoms with E-state index in [1.807, 2.05) is 109 Å². The van der Waals surface area contributed by atoms with Crippen molar-refractivity contribution in [2.45, 2.75) is 29.4 Å². The number of sulfone groups is 2. The summed E-state index contributed by atoms with van der Waals surface area (Å²) in [6.07, 6.45) is 0. The van der Waals surface area contributed by atoms with Gasteiger partial charge in [-0.2, -0.15) is 0 Å². The van der Waals surface area contributed by atoms with Gasteiger partial charge < -0.3 is 4.74 Å². The van der Waals surface area contributed by atoms with E-state index in [0.29, 0.717) is 27.8 Å². The van der Waals surface area contributed by atoms with E-state index in [-0.39, 0.29) is 36.9 Å². The number of hydrogen-bond acceptors (Lipinski definition) is 7. The summed E-state index contributed by atoms with van der Waals surface area (Å²) < 4.78 is 66.5. The Morgan fingerprint density at radius 1 is 0.353 bits per heavy atom. The van der Waals surface area contributed by atoms with Crippen LogP contribution in [-0.2, 0) is 19.7 Å². The van der Waals surface area contributed by atoms with E-state index in [9.17, 15) is 13.2 Å². The predicted molar refractivity (Wildman–Crippen MR) is 271 cm³/mol. The number of fused-ring (bicyclic) bond motifs is 1. The molecule has 0 aliphatic carbocycles. The Balaban J connectivity index is 1.01. The summed E-state index contributed by atoms with van der Waals surface area (Å²) in [7, 11) is -8.69. The van der Waals surface area contributed by atoms with Gasteiger partial charge >= 0.3 is 0 Å². The van der Waals surface area contributed by atoms with Crippen LogP contribution in [0, 0.1) is 0 Å². The van der Waals surface area contributed by atoms with Crippen LogP contribution in [0.3, 0.4) is 0 Å². The summed E-state index contributed by atoms with van der Waals surface area (Å²) in [5, 5.41) is 2.13. The van der Waals surface area contributed by atoms with Crippen molar-refractivity contribution in [2.24, 2.45) is 0 Å². The van der Waals surface area contributed by atoms with Gasteiger partial charge in [-0.25, -0.2) is 16.8 Å². The van der Waals surface area contributed by atoms with Crippen molar-refractivity contribution >= 4 is 48.0 Å². The fourth-order valence-corrected chi connectivity index (χ4v) is 12.6. The number of carbonyl (C=O) groups is 1. The van der Waals surface area contributed by atoms with Gasteiger partial charge in [0.25, 0.3) is 0 Å². The van der Waals surface area contributed by atoms with E-state index in [1.54, 1.807) is 97.1 Å². The van der Waals surface area contributed by atoms with Gasteiger partial charge in [0.2, 0.25) is 19.7 Å². The monoisotopic (exact) mass is 940 g/mol. The van der Waals surface area contributed by atoms with Gasteiger partial charge in [-0.05, 0) is 93.7 Å². The van der Waals surface area contributed by atoms with Crippen LogP contribution in [0.1, 0.15) is 15.9 Å². The molecule has 0 saturated heterocycles. The number of para-hydroxylation sites is 2. The second-order valence-corrected chi connectivity index (χ2v) is 20.8. The van der Waals surface area contributed by atoms with Gasteiger partial charge in [0, 0.05) is 32.0 Å². The predicted octanol–water partition coefficient (Wildman–Crippen LogP) is 14.7. The fraction of sp³-hybridized carbons (Fsp3) is 0. The standard InChI is InChI=1S/C59H40O6S3/c60-59(50-29-8-6-24-45(50)43-39-38-41-20-4-5-21-42(41)40-43)51-30-9-7-25-46(51)48-27-11-16-34-55(48)67(61,62)57-36-18-13-31-52(57)65-53-32-14-19-37-58(53)68(63,64)56-35-17-12-28-49(56)47-26-10-15-33-54(47)66-44-22-2-1-3-23-44/h1-40H. The van der Waals surface area contributed by atoms with E-state index >= 15 is 8.42 Å². The summed E-state index contributed by atoms with van der Waals surface area (Å²) in [4.78, 5) is 16.4. The highest BCUT2D eigenvalue weighted by Crippen LogP contribution is 2.44. The third kappa shape index (κ3) is 8.55. The molecule has 0 N–H and O–H groups in total. The molecule has 10 aromatic rings. The lowest BCUT2D eigenvalue weighted by Crippen LogP contribution is -2.09. The number of hydrogen-bond donors (Lipinski definition) is 0. The Labute approximate surface area is 400 Å². The number of ether oxygens (including phenoxy) is 1. The maximum absolute atomic E-state index is 15.1. The van der Waals surface area contributed by atoms with Crippen LogP contribution in [0.25, 0.3) is 44.2 Å². The van der Waals surface area contributed by atoms with E-state index in [4.69, 9.17) is 4.74 Å². The fourth-order valence-electron chi connectivity index (χ4n) is 8.46. The molecule has 68 heavy (non-hydrogen) atoms. The summed E-state index contributed by atoms with van der Waals surface area (Å²) in [5.74, 6) is -0.388. The number of carbonyl (C=O) groups excluding carboxylic acids is 1. The zero-order valence-electron chi connectivity index (χ0n) is 36.3. The molecule has 0 atom stereocenters. The average molecular weight is 941 g/mol. The van der Waals surface area contributed by atoms with Crippen molar-refractivity contribution in [2.75, 3.05) is 0 Å². The van der Waals surface area contributed by atoms with Crippen LogP contribution >= 0.6 is 11.8 Å². The largest absolute Gasteiger partial charge is 0.455 e. The average Bonchev–Trinajstić information content (AvgIpc) is 3.39. The van der Waals surface area contributed by atoms with E-state index < -0.39 is 19.7 Å². The summed E-state index contributed by atoms with van der Waals surface area (Å²) in [5.41, 5.74) is 4.44. The minimum Gasteiger partial charge on any atom is -0.455 e. The third-order valence-electron chi connectivity index (χ3n) is 11.7. The van der Waals surface area contributed by atoms with Crippen molar-refractivity contribution < 1.29 is 26.4 Å². The van der Waals surface area contributed by atoms with E-state index in [2.05, 4.69) is 6.07 Å². The first-order valence-electron chi connectivity index (χ1n) is 21.8. The zero-order chi connectivity index (χ0) is 46.7. The molecule has 0 unspecified atom stereocenters. The second-order valence-electron chi connectivity index (χ2n) is 15.9. The normalized spacial score (nSPS) is 11.6. The SMILES string of the molecule is O=C(c1ccccc1-c1ccc2ccccc2c1)c1ccccc1-c1ccccc1S(=O)(=O)c1ccccc1Oc1ccccc1S(=O)(=O)c1ccccc1-c1ccccc1Sc1ccccc1. The van der Waals surface area contributed by atoms with Crippen LogP contribution in [0.2, 0.25) is 0 Å². The topological polar surface area (TPSA) is 94.6 Å². The highest BCUT2D eigenvalue weighted by molar-refractivity contribution is 7.99. The van der Waals surface area contributed by atoms with Gasteiger partial charge in [0.05, 0.1) is 9.79 Å². The van der Waals surface area contributed by atoms with Gasteiger partial charge in [-0.1, -0.05) is 194 Å². The van der Waals surface area contributed by atoms with E-state index in [0.717, 1.165) is 37.3 Å². The summed E-state index contributed by atoms with van der Waals surface area (Å²) in [6.45, 7) is 0. The Hall–Kier alpha value is -7.82. The lowest BCUT2D eigenvalue weighted by atomic mass is 9.89. The van der Waals surface area contributed by atoms with Gasteiger partial charge in [-0.15, -0.1) is 0 Å². The minimum absolute atomic E-state index is 0.0498. The van der Waals surface area contributed by atoms with Crippen LogP contribution < -0.4 is 4.74 Å². The van der Waals surface area contributed by atoms with Gasteiger partial charge in [0.15, 0.2) is 5.78 Å². The van der Waals surface area contributed by atoms with E-state index in [1.165, 1.54) is 42.1 Å². The molecule has 0 radical (unpaired) electrons. The number of ketones is 1. The molecule has 0 fully saturated rings. The van der Waals surface area contributed by atoms with Crippen molar-refractivity contribution in [3.63, 3.8) is 0 Å². The van der Waals surface area contributed by atoms with Crippen molar-refractivity contribution in [1.29, 1.82) is 0 Å². The molecule has 0 bridgehead atoms. The molecule has 0 aliphatic rings. The van der Waals surface area contributed by atoms with Crippen molar-refractivity contribution in [3.05, 3.63) is 254 Å². The minimum atomic E-state index is -4.41. The molecule has 0 aliphatic heterocycles. The first kappa shape index (κ1) is 44.0. The highest BCUT2D eigenvalue weighted by Gasteiger charge is 2.30. The Morgan fingerprint density at radius 3 is 1.40 bits per heavy atom. The molecule has 6 nitrogen and oxygen atoms in total. The Morgan fingerprint density at radius 2 is 0.779 bits per heavy atom. The molecule has 0 saturated carbocycles. The van der Waals surface area contributed by atoms with Crippen LogP contribution in [0.15, 0.2) is 272 Å². The first-order valence-corrected chi connectivity index (χ1v) is 25.6. The smallest absolute Gasteiger partial charge is 0.210 e. The number of rotatable bonds is 13. The van der Waals surface area contributed by atoms with Crippen LogP contribution in [-0.4, -0.2) is 22.6 Å². The molecular weight excluding hydrogens is 901 g/mol. The maximum atomic E-state index is 15.1. The quantitative estimate of drug-likeness (QED) is 0.106. The highest BCUT2D eigenvalue weighted by atomic mass is 32.2. The van der Waals surface area contributed by atoms with Crippen LogP contribution in [0.5, 0.6) is 11.5 Å². The van der Waals surface area contributed by atoms with Gasteiger partial charge in [-0.3, -0.25) is 4.79 Å². The molecule has 0 spiro atoms. The maximum Gasteiger partial charge on any atom is 0.210 e. The molecule has 10 aromatic carbocycles. The summed E-state index contributed by atoms with van der Waals surface area (Å²) >= 11 is 1.54. The molecule has 9 heteroatoms.